The number of hydrogen-bond donors (Lipinski definition) is 3. The summed E-state index contributed by atoms with van der Waals surface area (Å²) in [6.45, 7) is 6.23. The van der Waals surface area contributed by atoms with Crippen molar-refractivity contribution >= 4 is 33.4 Å². The maximum absolute atomic E-state index is 13.1. The van der Waals surface area contributed by atoms with Crippen molar-refractivity contribution in [1.82, 2.24) is 9.55 Å². The maximum atomic E-state index is 13.1. The normalized spacial score (nSPS) is 18.7. The molecule has 394 valence electrons. The monoisotopic (exact) mass is 1020 g/mol. The highest BCUT2D eigenvalue weighted by molar-refractivity contribution is 7.99. The molecule has 0 spiro atoms. The average Bonchev–Trinajstić information content (AvgIpc) is 3.69. The minimum Gasteiger partial charge on any atom is -0.456 e. The molecule has 1 aromatic rings. The van der Waals surface area contributed by atoms with E-state index in [1.54, 1.807) is 18.7 Å². The number of esters is 1. The molecule has 20 heteroatoms. The van der Waals surface area contributed by atoms with Crippen LogP contribution in [0.3, 0.4) is 0 Å². The number of thioether (sulfide) groups is 1. The number of ether oxygens (including phenoxy) is 2. The van der Waals surface area contributed by atoms with Gasteiger partial charge in [0, 0.05) is 35.3 Å². The van der Waals surface area contributed by atoms with E-state index in [0.717, 1.165) is 48.8 Å². The molecule has 1 fully saturated rings. The fourth-order valence-corrected chi connectivity index (χ4v) is 11.7. The van der Waals surface area contributed by atoms with Gasteiger partial charge in [0.1, 0.15) is 11.8 Å². The van der Waals surface area contributed by atoms with Crippen LogP contribution in [0.4, 0.5) is 0 Å². The second kappa shape index (κ2) is 36.9. The summed E-state index contributed by atoms with van der Waals surface area (Å²) < 4.78 is 53.6. The highest BCUT2D eigenvalue weighted by Crippen LogP contribution is 2.61. The van der Waals surface area contributed by atoms with Crippen LogP contribution in [0.15, 0.2) is 20.9 Å². The Balaban J connectivity index is 1.85. The molecule has 0 aromatic carbocycles. The van der Waals surface area contributed by atoms with Crippen molar-refractivity contribution in [2.24, 2.45) is 5.11 Å². The molecule has 0 saturated carbocycles. The van der Waals surface area contributed by atoms with Crippen molar-refractivity contribution in [2.45, 2.75) is 251 Å². The number of phosphoric ester groups is 2. The van der Waals surface area contributed by atoms with Crippen molar-refractivity contribution in [2.75, 3.05) is 24.7 Å². The van der Waals surface area contributed by atoms with Gasteiger partial charge in [-0.2, -0.15) is 16.1 Å². The molecule has 1 aliphatic rings. The van der Waals surface area contributed by atoms with E-state index in [-0.39, 0.29) is 24.2 Å². The van der Waals surface area contributed by atoms with E-state index >= 15 is 0 Å². The highest BCUT2D eigenvalue weighted by atomic mass is 32.2. The van der Waals surface area contributed by atoms with E-state index in [1.807, 2.05) is 0 Å². The van der Waals surface area contributed by atoms with Crippen molar-refractivity contribution in [3.05, 3.63) is 43.0 Å². The molecule has 0 aliphatic carbocycles. The Bertz CT molecular complexity index is 1780. The lowest BCUT2D eigenvalue weighted by atomic mass is 10.0. The van der Waals surface area contributed by atoms with E-state index in [0.29, 0.717) is 6.42 Å². The third-order valence-corrected chi connectivity index (χ3v) is 16.4. The first-order valence-corrected chi connectivity index (χ1v) is 30.3. The Labute approximate surface area is 411 Å². The number of H-pyrrole nitrogens is 1. The molecular formula is C48H89N5O12P2S. The van der Waals surface area contributed by atoms with Crippen LogP contribution in [-0.4, -0.2) is 67.8 Å². The largest absolute Gasteiger partial charge is 0.481 e. The minimum atomic E-state index is -5.31. The molecule has 68 heavy (non-hydrogen) atoms. The minimum absolute atomic E-state index is 0.0458. The van der Waals surface area contributed by atoms with Gasteiger partial charge in [-0.1, -0.05) is 192 Å². The van der Waals surface area contributed by atoms with E-state index < -0.39 is 70.1 Å². The highest BCUT2D eigenvalue weighted by Gasteiger charge is 2.42. The summed E-state index contributed by atoms with van der Waals surface area (Å²) >= 11 is 1.54. The number of aryl methyl sites for hydroxylation is 1. The van der Waals surface area contributed by atoms with Crippen molar-refractivity contribution < 1.29 is 46.5 Å². The second-order valence-corrected chi connectivity index (χ2v) is 23.1. The summed E-state index contributed by atoms with van der Waals surface area (Å²) in [5, 5.41) is 3.64. The number of carbonyl (C=O) groups is 1. The molecule has 3 N–H and O–H groups in total. The molecule has 4 unspecified atom stereocenters. The fraction of sp³-hybridized carbons (Fsp3) is 0.896. The predicted octanol–water partition coefficient (Wildman–Crippen LogP) is 13.8. The molecule has 0 amide bonds. The molecule has 1 aliphatic heterocycles. The van der Waals surface area contributed by atoms with Gasteiger partial charge in [0.15, 0.2) is 0 Å². The van der Waals surface area contributed by atoms with E-state index in [1.165, 1.54) is 154 Å². The first-order chi connectivity index (χ1) is 32.6. The van der Waals surface area contributed by atoms with Crippen LogP contribution in [-0.2, 0) is 36.8 Å². The number of azide groups is 1. The van der Waals surface area contributed by atoms with Crippen LogP contribution < -0.4 is 11.2 Å². The maximum Gasteiger partial charge on any atom is 0.481 e. The Hall–Kier alpha value is -1.97. The second-order valence-electron chi connectivity index (χ2n) is 19.0. The van der Waals surface area contributed by atoms with Gasteiger partial charge < -0.3 is 19.3 Å². The summed E-state index contributed by atoms with van der Waals surface area (Å²) in [6.07, 6.45) is 34.8. The fourth-order valence-electron chi connectivity index (χ4n) is 8.34. The van der Waals surface area contributed by atoms with Crippen LogP contribution in [0.2, 0.25) is 0 Å². The zero-order valence-corrected chi connectivity index (χ0v) is 44.7. The van der Waals surface area contributed by atoms with Crippen LogP contribution >= 0.6 is 27.4 Å². The lowest BCUT2D eigenvalue weighted by Gasteiger charge is -2.30. The van der Waals surface area contributed by atoms with Gasteiger partial charge in [0.2, 0.25) is 0 Å². The lowest BCUT2D eigenvalue weighted by Crippen LogP contribution is -2.39. The van der Waals surface area contributed by atoms with Gasteiger partial charge in [-0.15, -0.1) is 0 Å². The summed E-state index contributed by atoms with van der Waals surface area (Å²) in [5.74, 6) is 0.577. The summed E-state index contributed by atoms with van der Waals surface area (Å²) in [4.78, 5) is 63.4. The third-order valence-electron chi connectivity index (χ3n) is 12.4. The van der Waals surface area contributed by atoms with Crippen LogP contribution in [0.1, 0.15) is 232 Å². The third kappa shape index (κ3) is 29.4. The van der Waals surface area contributed by atoms with Crippen molar-refractivity contribution in [3.63, 3.8) is 0 Å². The van der Waals surface area contributed by atoms with E-state index in [9.17, 15) is 33.3 Å². The quantitative estimate of drug-likeness (QED) is 0.0138. The Morgan fingerprint density at radius 3 is 1.74 bits per heavy atom. The number of unbranched alkanes of at least 4 members (excludes halogenated alkanes) is 27. The SMILES string of the molecule is CCCCCCCCCCCCCCCCCCSCC(C)(COP(=O)(O)OP(=O)(O)OC[C@H]1O[C@@H](n2cc(C)c(=O)[nH]c2=O)CC1N=[N+]=[N-])OC(=O)CCCCCCCCCCCCCCC. The van der Waals surface area contributed by atoms with Gasteiger partial charge in [-0.05, 0) is 38.0 Å². The van der Waals surface area contributed by atoms with Crippen molar-refractivity contribution in [1.29, 1.82) is 0 Å². The van der Waals surface area contributed by atoms with Crippen LogP contribution in [0.5, 0.6) is 0 Å². The number of rotatable bonds is 44. The number of hydrogen-bond acceptors (Lipinski definition) is 12. The Morgan fingerprint density at radius 2 is 1.25 bits per heavy atom. The lowest BCUT2D eigenvalue weighted by molar-refractivity contribution is -0.159. The first-order valence-electron chi connectivity index (χ1n) is 26.1. The molecule has 0 bridgehead atoms. The van der Waals surface area contributed by atoms with E-state index in [4.69, 9.17) is 24.1 Å². The molecule has 1 aromatic heterocycles. The predicted molar refractivity (Wildman–Crippen MR) is 272 cm³/mol. The topological polar surface area (TPSA) is 241 Å². The molecule has 17 nitrogen and oxygen atoms in total. The summed E-state index contributed by atoms with van der Waals surface area (Å²) in [7, 11) is -10.6. The number of phosphoric acid groups is 2. The molecule has 6 atom stereocenters. The number of nitrogens with zero attached hydrogens (tertiary/aromatic N) is 4. The number of carbonyl (C=O) groups excluding carboxylic acids is 1. The zero-order chi connectivity index (χ0) is 49.9. The summed E-state index contributed by atoms with van der Waals surface area (Å²) in [6, 6.07) is -0.979. The number of nitrogens with one attached hydrogen (secondary N) is 1. The standard InChI is InChI=1S/C48H89N5O12P2S/c1-5-7-9-11-13-15-17-19-20-21-23-25-27-29-31-33-35-68-40-48(4,64-45(54)34-32-30-28-26-24-22-18-16-14-12-10-8-6-2)39-62-67(59,60)65-66(57,58)61-38-43-42(51-52-49)36-44(63-43)53-37-41(3)46(55)50-47(53)56/h37,42-44H,5-36,38-40H2,1-4H3,(H,57,58)(H,59,60)(H,50,55,56)/t42?,43-,44-,48?/m1/s1. The van der Waals surface area contributed by atoms with Crippen molar-refractivity contribution in [3.8, 4) is 0 Å². The van der Waals surface area contributed by atoms with Gasteiger partial charge in [0.25, 0.3) is 5.56 Å². The Kier molecular flexibility index (Phi) is 33.7. The van der Waals surface area contributed by atoms with Crippen LogP contribution in [0, 0.1) is 6.92 Å². The van der Waals surface area contributed by atoms with Gasteiger partial charge >= 0.3 is 27.3 Å². The zero-order valence-electron chi connectivity index (χ0n) is 42.1. The summed E-state index contributed by atoms with van der Waals surface area (Å²) in [5.41, 5.74) is 6.59. The number of aromatic amines is 1. The molecular weight excluding hydrogens is 933 g/mol. The first kappa shape index (κ1) is 62.1. The molecule has 1 saturated heterocycles. The smallest absolute Gasteiger partial charge is 0.456 e. The number of aromatic nitrogens is 2. The average molecular weight is 1020 g/mol. The van der Waals surface area contributed by atoms with Gasteiger partial charge in [0.05, 0.1) is 25.4 Å². The van der Waals surface area contributed by atoms with Crippen LogP contribution in [0.25, 0.3) is 10.4 Å². The molecule has 0 radical (unpaired) electrons. The van der Waals surface area contributed by atoms with Gasteiger partial charge in [-0.3, -0.25) is 28.2 Å². The van der Waals surface area contributed by atoms with E-state index in [2.05, 4.69) is 33.2 Å². The molecule has 2 heterocycles. The molecule has 2 rings (SSSR count). The Morgan fingerprint density at radius 1 is 0.794 bits per heavy atom. The van der Waals surface area contributed by atoms with Gasteiger partial charge in [-0.25, -0.2) is 13.9 Å².